The Hall–Kier alpha value is -2.86. The Kier molecular flexibility index (Phi) is 7.69. The second-order valence-electron chi connectivity index (χ2n) is 7.75. The van der Waals surface area contributed by atoms with Gasteiger partial charge in [0.1, 0.15) is 5.75 Å². The summed E-state index contributed by atoms with van der Waals surface area (Å²) in [6.07, 6.45) is 3.15. The highest BCUT2D eigenvalue weighted by atomic mass is 35.5. The minimum atomic E-state index is -0.617. The molecular weight excluding hydrogens is 418 g/mol. The number of carbonyl (C=O) groups excluding carboxylic acids is 3. The SMILES string of the molecule is C[C@@H]1CCC[C@H](C)N1C(=O)COc1ccc(C(=O)OCC(=O)c2cccc(Cl)c2)cc1. The molecular formula is C24H26ClNO5. The Bertz CT molecular complexity index is 933. The molecule has 0 aliphatic carbocycles. The molecule has 0 aromatic heterocycles. The van der Waals surface area contributed by atoms with Crippen LogP contribution in [0, 0.1) is 0 Å². The van der Waals surface area contributed by atoms with E-state index in [1.165, 1.54) is 18.2 Å². The molecule has 1 aliphatic heterocycles. The number of ether oxygens (including phenoxy) is 2. The van der Waals surface area contributed by atoms with Gasteiger partial charge in [-0.1, -0.05) is 23.7 Å². The number of hydrogen-bond donors (Lipinski definition) is 0. The highest BCUT2D eigenvalue weighted by molar-refractivity contribution is 6.31. The predicted octanol–water partition coefficient (Wildman–Crippen LogP) is 4.55. The first-order valence-corrected chi connectivity index (χ1v) is 10.7. The number of ketones is 1. The number of rotatable bonds is 7. The summed E-state index contributed by atoms with van der Waals surface area (Å²) in [5.41, 5.74) is 0.668. The third-order valence-electron chi connectivity index (χ3n) is 5.41. The highest BCUT2D eigenvalue weighted by Crippen LogP contribution is 2.23. The number of amides is 1. The van der Waals surface area contributed by atoms with Gasteiger partial charge in [0.15, 0.2) is 19.0 Å². The molecule has 0 saturated carbocycles. The van der Waals surface area contributed by atoms with Gasteiger partial charge in [-0.05, 0) is 69.5 Å². The number of halogens is 1. The van der Waals surface area contributed by atoms with Gasteiger partial charge in [0.25, 0.3) is 5.91 Å². The van der Waals surface area contributed by atoms with Crippen LogP contribution in [0.25, 0.3) is 0 Å². The lowest BCUT2D eigenvalue weighted by molar-refractivity contribution is -0.139. The zero-order valence-electron chi connectivity index (χ0n) is 17.7. The molecule has 0 bridgehead atoms. The van der Waals surface area contributed by atoms with Crippen molar-refractivity contribution in [2.45, 2.75) is 45.2 Å². The van der Waals surface area contributed by atoms with E-state index in [4.69, 9.17) is 21.1 Å². The molecule has 0 radical (unpaired) electrons. The van der Waals surface area contributed by atoms with Gasteiger partial charge in [-0.3, -0.25) is 9.59 Å². The Morgan fingerprint density at radius 1 is 0.968 bits per heavy atom. The second-order valence-corrected chi connectivity index (χ2v) is 8.19. The number of likely N-dealkylation sites (tertiary alicyclic amines) is 1. The van der Waals surface area contributed by atoms with E-state index in [1.807, 2.05) is 4.90 Å². The van der Waals surface area contributed by atoms with Crippen LogP contribution in [0.3, 0.4) is 0 Å². The topological polar surface area (TPSA) is 72.9 Å². The van der Waals surface area contributed by atoms with Crippen molar-refractivity contribution in [2.24, 2.45) is 0 Å². The number of esters is 1. The van der Waals surface area contributed by atoms with Crippen LogP contribution in [-0.4, -0.2) is 47.9 Å². The van der Waals surface area contributed by atoms with Gasteiger partial charge in [-0.25, -0.2) is 4.79 Å². The second kappa shape index (κ2) is 10.4. The van der Waals surface area contributed by atoms with E-state index in [0.717, 1.165) is 19.3 Å². The monoisotopic (exact) mass is 443 g/mol. The third kappa shape index (κ3) is 6.07. The highest BCUT2D eigenvalue weighted by Gasteiger charge is 2.29. The van der Waals surface area contributed by atoms with Crippen molar-refractivity contribution in [1.29, 1.82) is 0 Å². The first-order chi connectivity index (χ1) is 14.8. The van der Waals surface area contributed by atoms with Crippen molar-refractivity contribution in [3.8, 4) is 5.75 Å². The van der Waals surface area contributed by atoms with Gasteiger partial charge < -0.3 is 14.4 Å². The summed E-state index contributed by atoms with van der Waals surface area (Å²) in [5.74, 6) is -0.510. The van der Waals surface area contributed by atoms with Crippen LogP contribution in [0.2, 0.25) is 5.02 Å². The molecule has 1 amide bonds. The summed E-state index contributed by atoms with van der Waals surface area (Å²) >= 11 is 5.87. The molecule has 0 unspecified atom stereocenters. The lowest BCUT2D eigenvalue weighted by Crippen LogP contribution is -2.49. The number of nitrogens with zero attached hydrogens (tertiary/aromatic N) is 1. The van der Waals surface area contributed by atoms with Crippen molar-refractivity contribution < 1.29 is 23.9 Å². The van der Waals surface area contributed by atoms with Crippen molar-refractivity contribution in [2.75, 3.05) is 13.2 Å². The van der Waals surface area contributed by atoms with Crippen molar-refractivity contribution in [1.82, 2.24) is 4.90 Å². The molecule has 6 nitrogen and oxygen atoms in total. The largest absolute Gasteiger partial charge is 0.484 e. The number of hydrogen-bond acceptors (Lipinski definition) is 5. The number of piperidine rings is 1. The van der Waals surface area contributed by atoms with Gasteiger partial charge in [-0.15, -0.1) is 0 Å². The zero-order valence-corrected chi connectivity index (χ0v) is 18.4. The van der Waals surface area contributed by atoms with Gasteiger partial charge in [0.05, 0.1) is 5.56 Å². The summed E-state index contributed by atoms with van der Waals surface area (Å²) in [6.45, 7) is 3.70. The first kappa shape index (κ1) is 22.8. The molecule has 0 spiro atoms. The van der Waals surface area contributed by atoms with E-state index in [-0.39, 0.29) is 42.6 Å². The molecule has 0 N–H and O–H groups in total. The smallest absolute Gasteiger partial charge is 0.338 e. The molecule has 1 fully saturated rings. The van der Waals surface area contributed by atoms with Gasteiger partial charge in [0.2, 0.25) is 0 Å². The van der Waals surface area contributed by atoms with Crippen LogP contribution in [0.5, 0.6) is 5.75 Å². The van der Waals surface area contributed by atoms with E-state index in [9.17, 15) is 14.4 Å². The maximum absolute atomic E-state index is 12.5. The van der Waals surface area contributed by atoms with Crippen molar-refractivity contribution in [3.05, 3.63) is 64.7 Å². The fraction of sp³-hybridized carbons (Fsp3) is 0.375. The van der Waals surface area contributed by atoms with Crippen molar-refractivity contribution in [3.63, 3.8) is 0 Å². The number of Topliss-reactive ketones (excluding diaryl/α,β-unsaturated/α-hetero) is 1. The molecule has 2 atom stereocenters. The van der Waals surface area contributed by atoms with E-state index in [0.29, 0.717) is 16.3 Å². The fourth-order valence-corrected chi connectivity index (χ4v) is 3.97. The van der Waals surface area contributed by atoms with E-state index >= 15 is 0 Å². The minimum absolute atomic E-state index is 0.0392. The van der Waals surface area contributed by atoms with E-state index in [1.54, 1.807) is 30.3 Å². The molecule has 1 saturated heterocycles. The van der Waals surface area contributed by atoms with Gasteiger partial charge in [0, 0.05) is 22.7 Å². The Labute approximate surface area is 187 Å². The standard InChI is InChI=1S/C24H26ClNO5/c1-16-5-3-6-17(2)26(16)23(28)15-30-21-11-9-18(10-12-21)24(29)31-14-22(27)19-7-4-8-20(25)13-19/h4,7-13,16-17H,3,5-6,14-15H2,1-2H3/t16-,17+. The fourth-order valence-electron chi connectivity index (χ4n) is 3.78. The maximum atomic E-state index is 12.5. The van der Waals surface area contributed by atoms with Crippen LogP contribution in [0.4, 0.5) is 0 Å². The van der Waals surface area contributed by atoms with Crippen LogP contribution in [-0.2, 0) is 9.53 Å². The Morgan fingerprint density at radius 3 is 2.29 bits per heavy atom. The average molecular weight is 444 g/mol. The van der Waals surface area contributed by atoms with Crippen molar-refractivity contribution >= 4 is 29.3 Å². The molecule has 3 rings (SSSR count). The lowest BCUT2D eigenvalue weighted by Gasteiger charge is -2.38. The average Bonchev–Trinajstić information content (AvgIpc) is 2.76. The molecule has 1 aliphatic rings. The molecule has 31 heavy (non-hydrogen) atoms. The normalized spacial score (nSPS) is 18.4. The minimum Gasteiger partial charge on any atom is -0.484 e. The summed E-state index contributed by atoms with van der Waals surface area (Å²) in [6, 6.07) is 13.2. The number of carbonyl (C=O) groups is 3. The Morgan fingerprint density at radius 2 is 1.65 bits per heavy atom. The molecule has 1 heterocycles. The van der Waals surface area contributed by atoms with Crippen LogP contribution in [0.15, 0.2) is 48.5 Å². The lowest BCUT2D eigenvalue weighted by atomic mass is 9.97. The molecule has 2 aromatic rings. The predicted molar refractivity (Wildman–Crippen MR) is 118 cm³/mol. The van der Waals surface area contributed by atoms with Crippen LogP contribution < -0.4 is 4.74 Å². The molecule has 164 valence electrons. The maximum Gasteiger partial charge on any atom is 0.338 e. The quantitative estimate of drug-likeness (QED) is 0.463. The van der Waals surface area contributed by atoms with Crippen LogP contribution in [0.1, 0.15) is 53.8 Å². The third-order valence-corrected chi connectivity index (χ3v) is 5.65. The summed E-state index contributed by atoms with van der Waals surface area (Å²) < 4.78 is 10.7. The van der Waals surface area contributed by atoms with Crippen LogP contribution >= 0.6 is 11.6 Å². The van der Waals surface area contributed by atoms with Gasteiger partial charge >= 0.3 is 5.97 Å². The van der Waals surface area contributed by atoms with E-state index in [2.05, 4.69) is 13.8 Å². The zero-order chi connectivity index (χ0) is 22.4. The summed E-state index contributed by atoms with van der Waals surface area (Å²) in [7, 11) is 0. The Balaban J connectivity index is 1.49. The first-order valence-electron chi connectivity index (χ1n) is 10.3. The number of benzene rings is 2. The molecule has 2 aromatic carbocycles. The molecule has 7 heteroatoms. The summed E-state index contributed by atoms with van der Waals surface area (Å²) in [4.78, 5) is 38.8. The summed E-state index contributed by atoms with van der Waals surface area (Å²) in [5, 5.41) is 0.440. The van der Waals surface area contributed by atoms with E-state index < -0.39 is 5.97 Å². The van der Waals surface area contributed by atoms with Gasteiger partial charge in [-0.2, -0.15) is 0 Å².